The van der Waals surface area contributed by atoms with Gasteiger partial charge in [0.15, 0.2) is 0 Å². The molecule has 0 saturated heterocycles. The van der Waals surface area contributed by atoms with Crippen LogP contribution in [0.5, 0.6) is 0 Å². The van der Waals surface area contributed by atoms with Gasteiger partial charge in [-0.3, -0.25) is 4.18 Å². The van der Waals surface area contributed by atoms with Crippen LogP contribution in [0.1, 0.15) is 58.9 Å². The van der Waals surface area contributed by atoms with Gasteiger partial charge in [-0.1, -0.05) is 52.6 Å². The lowest BCUT2D eigenvalue weighted by molar-refractivity contribution is 0.356. The third-order valence-corrected chi connectivity index (χ3v) is 5.38. The molecule has 1 aromatic rings. The molecule has 0 saturated carbocycles. The van der Waals surface area contributed by atoms with E-state index in [4.69, 9.17) is 4.18 Å². The van der Waals surface area contributed by atoms with Crippen LogP contribution >= 0.6 is 0 Å². The number of allylic oxidation sites excluding steroid dienone is 5. The molecule has 0 amide bonds. The average molecular weight is 377 g/mol. The predicted molar refractivity (Wildman–Crippen MR) is 110 cm³/mol. The van der Waals surface area contributed by atoms with Gasteiger partial charge >= 0.3 is 0 Å². The first-order valence-corrected chi connectivity index (χ1v) is 10.5. The molecule has 0 unspecified atom stereocenters. The Morgan fingerprint density at radius 1 is 0.885 bits per heavy atom. The normalized spacial score (nSPS) is 13.0. The van der Waals surface area contributed by atoms with E-state index in [-0.39, 0.29) is 11.5 Å². The minimum atomic E-state index is -3.69. The Hall–Kier alpha value is -1.65. The minimum Gasteiger partial charge on any atom is -0.262 e. The molecule has 0 N–H and O–H groups in total. The summed E-state index contributed by atoms with van der Waals surface area (Å²) in [7, 11) is -3.69. The van der Waals surface area contributed by atoms with Gasteiger partial charge in [-0.05, 0) is 72.4 Å². The molecular formula is C22H32O3S. The Morgan fingerprint density at radius 3 is 2.00 bits per heavy atom. The van der Waals surface area contributed by atoms with Gasteiger partial charge in [-0.2, -0.15) is 8.42 Å². The molecule has 1 aromatic carbocycles. The second kappa shape index (κ2) is 11.1. The van der Waals surface area contributed by atoms with Crippen molar-refractivity contribution in [3.63, 3.8) is 0 Å². The predicted octanol–water partition coefficient (Wildman–Crippen LogP) is 6.12. The molecule has 0 aliphatic heterocycles. The second-order valence-corrected chi connectivity index (χ2v) is 8.63. The van der Waals surface area contributed by atoms with Crippen LogP contribution in [0.3, 0.4) is 0 Å². The summed E-state index contributed by atoms with van der Waals surface area (Å²) in [5.41, 5.74) is 4.91. The van der Waals surface area contributed by atoms with Crippen LogP contribution in [0.2, 0.25) is 0 Å². The van der Waals surface area contributed by atoms with E-state index in [1.54, 1.807) is 24.3 Å². The van der Waals surface area contributed by atoms with Crippen molar-refractivity contribution in [1.29, 1.82) is 0 Å². The third-order valence-electron chi connectivity index (χ3n) is 4.09. The van der Waals surface area contributed by atoms with Crippen molar-refractivity contribution in [3.05, 3.63) is 64.8 Å². The maximum atomic E-state index is 12.1. The number of rotatable bonds is 10. The van der Waals surface area contributed by atoms with E-state index in [0.29, 0.717) is 0 Å². The monoisotopic (exact) mass is 376 g/mol. The fourth-order valence-electron chi connectivity index (χ4n) is 2.38. The molecule has 1 rings (SSSR count). The lowest BCUT2D eigenvalue weighted by atomic mass is 10.1. The highest BCUT2D eigenvalue weighted by Crippen LogP contribution is 2.14. The lowest BCUT2D eigenvalue weighted by Gasteiger charge is -2.05. The van der Waals surface area contributed by atoms with E-state index in [2.05, 4.69) is 32.9 Å². The zero-order valence-corrected chi connectivity index (χ0v) is 17.5. The maximum absolute atomic E-state index is 12.1. The highest BCUT2D eigenvalue weighted by molar-refractivity contribution is 7.86. The van der Waals surface area contributed by atoms with Crippen molar-refractivity contribution in [2.24, 2.45) is 0 Å². The molecule has 3 nitrogen and oxygen atoms in total. The fraction of sp³-hybridized carbons (Fsp3) is 0.455. The van der Waals surface area contributed by atoms with Gasteiger partial charge < -0.3 is 0 Å². The van der Waals surface area contributed by atoms with E-state index in [9.17, 15) is 8.42 Å². The highest BCUT2D eigenvalue weighted by atomic mass is 32.2. The van der Waals surface area contributed by atoms with Crippen LogP contribution in [0.25, 0.3) is 0 Å². The smallest absolute Gasteiger partial charge is 0.262 e. The third kappa shape index (κ3) is 9.16. The molecule has 0 aliphatic carbocycles. The van der Waals surface area contributed by atoms with Gasteiger partial charge in [0.1, 0.15) is 0 Å². The molecule has 0 aromatic heterocycles. The van der Waals surface area contributed by atoms with Crippen molar-refractivity contribution in [2.75, 3.05) is 6.61 Å². The van der Waals surface area contributed by atoms with E-state index in [0.717, 1.165) is 36.8 Å². The molecular weight excluding hydrogens is 344 g/mol. The summed E-state index contributed by atoms with van der Waals surface area (Å²) in [6.07, 6.45) is 10.4. The quantitative estimate of drug-likeness (QED) is 0.365. The van der Waals surface area contributed by atoms with E-state index < -0.39 is 10.1 Å². The SMILES string of the molecule is CC(C)=CCCC(C)=CCCC(C)=CCOS(=O)(=O)c1ccc(C)cc1. The molecule has 0 bridgehead atoms. The maximum Gasteiger partial charge on any atom is 0.297 e. The summed E-state index contributed by atoms with van der Waals surface area (Å²) in [5.74, 6) is 0. The molecule has 144 valence electrons. The molecule has 0 aliphatic rings. The Bertz CT molecular complexity index is 747. The number of hydrogen-bond donors (Lipinski definition) is 0. The summed E-state index contributed by atoms with van der Waals surface area (Å²) in [5, 5.41) is 0. The standard InChI is InChI=1S/C22H32O3S/c1-18(2)8-6-9-19(3)10-7-11-20(4)16-17-25-26(23,24)22-14-12-21(5)13-15-22/h8,10,12-16H,6-7,9,11,17H2,1-5H3. The van der Waals surface area contributed by atoms with Gasteiger partial charge in [0.05, 0.1) is 11.5 Å². The van der Waals surface area contributed by atoms with Gasteiger partial charge in [-0.15, -0.1) is 0 Å². The van der Waals surface area contributed by atoms with Gasteiger partial charge in [0, 0.05) is 0 Å². The average Bonchev–Trinajstić information content (AvgIpc) is 2.54. The summed E-state index contributed by atoms with van der Waals surface area (Å²) in [4.78, 5) is 0.198. The van der Waals surface area contributed by atoms with Crippen LogP contribution in [0.15, 0.2) is 64.1 Å². The topological polar surface area (TPSA) is 43.4 Å². The minimum absolute atomic E-state index is 0.0747. The van der Waals surface area contributed by atoms with Gasteiger partial charge in [0.25, 0.3) is 10.1 Å². The summed E-state index contributed by atoms with van der Waals surface area (Å²) in [6.45, 7) is 10.4. The first kappa shape index (κ1) is 22.4. The molecule has 0 heterocycles. The van der Waals surface area contributed by atoms with Crippen molar-refractivity contribution in [3.8, 4) is 0 Å². The molecule has 0 fully saturated rings. The summed E-state index contributed by atoms with van der Waals surface area (Å²) in [6, 6.07) is 6.68. The first-order chi connectivity index (χ1) is 12.2. The van der Waals surface area contributed by atoms with E-state index >= 15 is 0 Å². The summed E-state index contributed by atoms with van der Waals surface area (Å²) < 4.78 is 29.3. The van der Waals surface area contributed by atoms with Crippen LogP contribution in [-0.2, 0) is 14.3 Å². The Labute approximate surface area is 159 Å². The van der Waals surface area contributed by atoms with Crippen LogP contribution < -0.4 is 0 Å². The lowest BCUT2D eigenvalue weighted by Crippen LogP contribution is -2.06. The highest BCUT2D eigenvalue weighted by Gasteiger charge is 2.13. The van der Waals surface area contributed by atoms with Gasteiger partial charge in [-0.25, -0.2) is 0 Å². The van der Waals surface area contributed by atoms with Crippen molar-refractivity contribution in [2.45, 2.75) is 65.2 Å². The zero-order valence-electron chi connectivity index (χ0n) is 16.7. The molecule has 0 radical (unpaired) electrons. The molecule has 0 atom stereocenters. The Balaban J connectivity index is 2.41. The number of hydrogen-bond acceptors (Lipinski definition) is 3. The largest absolute Gasteiger partial charge is 0.297 e. The molecule has 26 heavy (non-hydrogen) atoms. The first-order valence-electron chi connectivity index (χ1n) is 9.11. The Kier molecular flexibility index (Phi) is 9.60. The van der Waals surface area contributed by atoms with Gasteiger partial charge in [0.2, 0.25) is 0 Å². The molecule has 0 spiro atoms. The van der Waals surface area contributed by atoms with Crippen molar-refractivity contribution >= 4 is 10.1 Å². The zero-order chi connectivity index (χ0) is 19.6. The summed E-state index contributed by atoms with van der Waals surface area (Å²) >= 11 is 0. The van der Waals surface area contributed by atoms with Crippen LogP contribution in [0.4, 0.5) is 0 Å². The number of benzene rings is 1. The van der Waals surface area contributed by atoms with Crippen LogP contribution in [-0.4, -0.2) is 15.0 Å². The van der Waals surface area contributed by atoms with E-state index in [1.807, 2.05) is 19.9 Å². The Morgan fingerprint density at radius 2 is 1.42 bits per heavy atom. The van der Waals surface area contributed by atoms with E-state index in [1.165, 1.54) is 11.1 Å². The second-order valence-electron chi connectivity index (χ2n) is 7.01. The van der Waals surface area contributed by atoms with Crippen molar-refractivity contribution < 1.29 is 12.6 Å². The molecule has 4 heteroatoms. The van der Waals surface area contributed by atoms with Crippen LogP contribution in [0, 0.1) is 6.92 Å². The fourth-order valence-corrected chi connectivity index (χ4v) is 3.23. The number of aryl methyl sites for hydroxylation is 1. The van der Waals surface area contributed by atoms with Crippen molar-refractivity contribution in [1.82, 2.24) is 0 Å².